The third kappa shape index (κ3) is 6.63. The van der Waals surface area contributed by atoms with Gasteiger partial charge in [-0.3, -0.25) is 14.3 Å². The van der Waals surface area contributed by atoms with Crippen molar-refractivity contribution >= 4 is 34.8 Å². The van der Waals surface area contributed by atoms with Crippen molar-refractivity contribution in [3.8, 4) is 11.8 Å². The molecule has 1 aliphatic rings. The second-order valence-corrected chi connectivity index (χ2v) is 8.24. The summed E-state index contributed by atoms with van der Waals surface area (Å²) in [6.07, 6.45) is -5.08. The van der Waals surface area contributed by atoms with Crippen LogP contribution in [0.15, 0.2) is 9.95 Å². The number of hydrogen-bond acceptors (Lipinski definition) is 7. The maximum Gasteiger partial charge on any atom is 0.490 e. The number of nitrogens with zero attached hydrogens (tertiary/aromatic N) is 4. The Balaban J connectivity index is 0.000000423. The second kappa shape index (κ2) is 10.5. The van der Waals surface area contributed by atoms with Crippen molar-refractivity contribution in [2.75, 3.05) is 31.1 Å². The maximum absolute atomic E-state index is 12.6. The first-order chi connectivity index (χ1) is 14.5. The summed E-state index contributed by atoms with van der Waals surface area (Å²) in [5, 5.41) is 11.4. The van der Waals surface area contributed by atoms with E-state index in [1.165, 1.54) is 11.8 Å². The first-order valence-electron chi connectivity index (χ1n) is 9.37. The summed E-state index contributed by atoms with van der Waals surface area (Å²) in [6.45, 7) is 9.88. The molecule has 3 rings (SSSR count). The Hall–Kier alpha value is -2.72. The number of aliphatic carboxylic acids is 1. The monoisotopic (exact) mass is 460 g/mol. The van der Waals surface area contributed by atoms with E-state index in [1.807, 2.05) is 4.57 Å². The molecular weight excluding hydrogens is 437 g/mol. The van der Waals surface area contributed by atoms with Gasteiger partial charge in [-0.05, 0) is 6.92 Å². The molecule has 1 saturated heterocycles. The molecule has 13 heteroatoms. The van der Waals surface area contributed by atoms with Crippen LogP contribution in [-0.2, 0) is 11.3 Å². The number of hydrogen-bond donors (Lipinski definition) is 3. The van der Waals surface area contributed by atoms with Gasteiger partial charge in [0.25, 0.3) is 5.56 Å². The number of carboxylic acid groups (broad SMARTS) is 1. The highest BCUT2D eigenvalue weighted by Crippen LogP contribution is 2.23. The van der Waals surface area contributed by atoms with Crippen molar-refractivity contribution in [2.24, 2.45) is 0 Å². The number of aromatic amines is 1. The lowest BCUT2D eigenvalue weighted by Gasteiger charge is -2.28. The lowest BCUT2D eigenvalue weighted by Crippen LogP contribution is -2.44. The molecule has 2 aromatic heterocycles. The topological polar surface area (TPSA) is 116 Å². The molecule has 0 unspecified atom stereocenters. The Kier molecular flexibility index (Phi) is 8.35. The van der Waals surface area contributed by atoms with Gasteiger partial charge in [-0.1, -0.05) is 31.5 Å². The molecule has 0 spiro atoms. The average molecular weight is 460 g/mol. The van der Waals surface area contributed by atoms with Crippen molar-refractivity contribution < 1.29 is 23.1 Å². The zero-order valence-corrected chi connectivity index (χ0v) is 18.0. The van der Waals surface area contributed by atoms with Crippen molar-refractivity contribution in [3.63, 3.8) is 0 Å². The molecule has 0 aliphatic carbocycles. The van der Waals surface area contributed by atoms with Crippen LogP contribution in [-0.4, -0.2) is 68.2 Å². The molecule has 1 fully saturated rings. The van der Waals surface area contributed by atoms with Crippen LogP contribution in [0.2, 0.25) is 0 Å². The number of aromatic nitrogens is 4. The Morgan fingerprint density at radius 2 is 1.90 bits per heavy atom. The summed E-state index contributed by atoms with van der Waals surface area (Å²) in [5.74, 6) is 3.95. The fraction of sp³-hybridized carbons (Fsp3) is 0.556. The normalized spacial score (nSPS) is 14.1. The molecule has 1 aliphatic heterocycles. The van der Waals surface area contributed by atoms with E-state index in [2.05, 4.69) is 50.9 Å². The standard InChI is InChI=1S/C16H22N6OS.C2HF3O2/c1-4-5-8-22-12-13(18-15(20-14(12)23)24-11(2)3)19-16(22)21-9-6-17-7-10-21;3-2(4,5)1(6)7/h11,17H,6-10H2,1-3H3,(H,18,20,23);(H,6,7). The van der Waals surface area contributed by atoms with Crippen LogP contribution in [0, 0.1) is 11.8 Å². The van der Waals surface area contributed by atoms with E-state index in [1.54, 1.807) is 6.92 Å². The Morgan fingerprint density at radius 1 is 1.29 bits per heavy atom. The number of fused-ring (bicyclic) bond motifs is 1. The lowest BCUT2D eigenvalue weighted by molar-refractivity contribution is -0.192. The molecule has 0 amide bonds. The third-order valence-corrected chi connectivity index (χ3v) is 4.86. The van der Waals surface area contributed by atoms with Gasteiger partial charge in [0.15, 0.2) is 16.3 Å². The Labute approximate surface area is 180 Å². The molecule has 0 radical (unpaired) electrons. The fourth-order valence-electron chi connectivity index (χ4n) is 2.70. The van der Waals surface area contributed by atoms with Gasteiger partial charge in [-0.25, -0.2) is 9.78 Å². The van der Waals surface area contributed by atoms with E-state index in [-0.39, 0.29) is 5.56 Å². The number of alkyl halides is 3. The lowest BCUT2D eigenvalue weighted by atomic mass is 10.4. The quantitative estimate of drug-likeness (QED) is 0.359. The highest BCUT2D eigenvalue weighted by Gasteiger charge is 2.38. The first-order valence-corrected chi connectivity index (χ1v) is 10.2. The van der Waals surface area contributed by atoms with Crippen LogP contribution in [0.5, 0.6) is 0 Å². The molecule has 0 atom stereocenters. The predicted octanol–water partition coefficient (Wildman–Crippen LogP) is 1.69. The van der Waals surface area contributed by atoms with Gasteiger partial charge >= 0.3 is 12.1 Å². The number of piperazine rings is 1. The number of imidazole rings is 1. The van der Waals surface area contributed by atoms with Gasteiger partial charge in [-0.15, -0.1) is 5.92 Å². The summed E-state index contributed by atoms with van der Waals surface area (Å²) >= 11 is 1.53. The van der Waals surface area contributed by atoms with Gasteiger partial charge in [0.1, 0.15) is 0 Å². The van der Waals surface area contributed by atoms with Crippen LogP contribution in [0.3, 0.4) is 0 Å². The average Bonchev–Trinajstić information content (AvgIpc) is 3.05. The fourth-order valence-corrected chi connectivity index (χ4v) is 3.44. The van der Waals surface area contributed by atoms with E-state index >= 15 is 0 Å². The minimum absolute atomic E-state index is 0.157. The molecule has 0 bridgehead atoms. The molecule has 3 N–H and O–H groups in total. The number of halogens is 3. The highest BCUT2D eigenvalue weighted by atomic mass is 32.2. The van der Waals surface area contributed by atoms with Gasteiger partial charge in [0.2, 0.25) is 5.95 Å². The van der Waals surface area contributed by atoms with Crippen LogP contribution in [0.25, 0.3) is 11.2 Å². The highest BCUT2D eigenvalue weighted by molar-refractivity contribution is 7.99. The van der Waals surface area contributed by atoms with Crippen molar-refractivity contribution in [3.05, 3.63) is 10.4 Å². The van der Waals surface area contributed by atoms with Crippen LogP contribution in [0.4, 0.5) is 19.1 Å². The molecule has 170 valence electrons. The zero-order valence-electron chi connectivity index (χ0n) is 17.2. The predicted molar refractivity (Wildman–Crippen MR) is 111 cm³/mol. The van der Waals surface area contributed by atoms with Gasteiger partial charge in [0, 0.05) is 31.4 Å². The van der Waals surface area contributed by atoms with E-state index in [0.29, 0.717) is 28.1 Å². The Bertz CT molecular complexity index is 1030. The van der Waals surface area contributed by atoms with Crippen LogP contribution >= 0.6 is 11.8 Å². The maximum atomic E-state index is 12.6. The largest absolute Gasteiger partial charge is 0.490 e. The van der Waals surface area contributed by atoms with E-state index in [0.717, 1.165) is 32.1 Å². The molecule has 0 saturated carbocycles. The summed E-state index contributed by atoms with van der Waals surface area (Å²) in [5.41, 5.74) is 0.836. The number of nitrogens with one attached hydrogen (secondary N) is 2. The van der Waals surface area contributed by atoms with Crippen LogP contribution in [0.1, 0.15) is 20.8 Å². The van der Waals surface area contributed by atoms with E-state index in [4.69, 9.17) is 9.90 Å². The number of thioether (sulfide) groups is 1. The van der Waals surface area contributed by atoms with Crippen molar-refractivity contribution in [1.29, 1.82) is 0 Å². The summed E-state index contributed by atoms with van der Waals surface area (Å²) < 4.78 is 33.6. The number of carboxylic acids is 1. The zero-order chi connectivity index (χ0) is 23.2. The summed E-state index contributed by atoms with van der Waals surface area (Å²) in [6, 6.07) is 0. The molecule has 0 aromatic carbocycles. The number of H-pyrrole nitrogens is 1. The number of anilines is 1. The molecule has 3 heterocycles. The molecule has 31 heavy (non-hydrogen) atoms. The smallest absolute Gasteiger partial charge is 0.475 e. The summed E-state index contributed by atoms with van der Waals surface area (Å²) in [7, 11) is 0. The minimum atomic E-state index is -5.08. The van der Waals surface area contributed by atoms with Gasteiger partial charge in [0.05, 0.1) is 6.54 Å². The van der Waals surface area contributed by atoms with Crippen LogP contribution < -0.4 is 15.8 Å². The molecular formula is C18H23F3N6O3S. The SMILES string of the molecule is CC#CCn1c(N2CCNCC2)nc2nc(SC(C)C)[nH]c(=O)c21.O=C(O)C(F)(F)F. The van der Waals surface area contributed by atoms with E-state index in [9.17, 15) is 18.0 Å². The van der Waals surface area contributed by atoms with Gasteiger partial charge < -0.3 is 15.3 Å². The number of rotatable bonds is 4. The minimum Gasteiger partial charge on any atom is -0.475 e. The van der Waals surface area contributed by atoms with Crippen molar-refractivity contribution in [2.45, 2.75) is 43.9 Å². The molecule has 9 nitrogen and oxygen atoms in total. The van der Waals surface area contributed by atoms with Crippen molar-refractivity contribution in [1.82, 2.24) is 24.8 Å². The number of carbonyl (C=O) groups is 1. The molecule has 2 aromatic rings. The third-order valence-electron chi connectivity index (χ3n) is 3.98. The summed E-state index contributed by atoms with van der Waals surface area (Å²) in [4.78, 5) is 35.8. The first kappa shape index (κ1) is 24.5. The van der Waals surface area contributed by atoms with E-state index < -0.39 is 12.1 Å². The Morgan fingerprint density at radius 3 is 2.42 bits per heavy atom. The second-order valence-electron chi connectivity index (χ2n) is 6.67. The van der Waals surface area contributed by atoms with Gasteiger partial charge in [-0.2, -0.15) is 18.2 Å².